The lowest BCUT2D eigenvalue weighted by atomic mass is 10.2. The van der Waals surface area contributed by atoms with Crippen molar-refractivity contribution in [2.75, 3.05) is 17.7 Å². The van der Waals surface area contributed by atoms with Crippen LogP contribution in [0.1, 0.15) is 11.4 Å². The minimum absolute atomic E-state index is 0.167. The SMILES string of the molecule is CNS(=O)(=O)c1cccc(Nc2cc(Nc3ccc(-n4nc(C)cc4C)cc3)ncn2)c1. The van der Waals surface area contributed by atoms with Crippen molar-refractivity contribution in [3.63, 3.8) is 0 Å². The molecular formula is C22H23N7O2S. The molecule has 0 aliphatic rings. The Morgan fingerprint density at radius 1 is 0.844 bits per heavy atom. The Bertz CT molecular complexity index is 1350. The molecule has 0 radical (unpaired) electrons. The third-order valence-electron chi connectivity index (χ3n) is 4.75. The predicted molar refractivity (Wildman–Crippen MR) is 124 cm³/mol. The third-order valence-corrected chi connectivity index (χ3v) is 6.16. The van der Waals surface area contributed by atoms with Gasteiger partial charge in [0.1, 0.15) is 18.0 Å². The zero-order chi connectivity index (χ0) is 22.7. The zero-order valence-electron chi connectivity index (χ0n) is 17.9. The first-order valence-corrected chi connectivity index (χ1v) is 11.4. The van der Waals surface area contributed by atoms with E-state index in [1.54, 1.807) is 24.3 Å². The average molecular weight is 450 g/mol. The van der Waals surface area contributed by atoms with Crippen LogP contribution in [0.5, 0.6) is 0 Å². The minimum atomic E-state index is -3.53. The molecule has 4 rings (SSSR count). The molecule has 0 saturated carbocycles. The molecule has 3 N–H and O–H groups in total. The van der Waals surface area contributed by atoms with E-state index in [1.165, 1.54) is 19.4 Å². The van der Waals surface area contributed by atoms with Gasteiger partial charge < -0.3 is 10.6 Å². The smallest absolute Gasteiger partial charge is 0.240 e. The van der Waals surface area contributed by atoms with E-state index in [2.05, 4.69) is 30.4 Å². The second-order valence-corrected chi connectivity index (χ2v) is 9.05. The largest absolute Gasteiger partial charge is 0.340 e. The van der Waals surface area contributed by atoms with Crippen molar-refractivity contribution in [3.05, 3.63) is 78.4 Å². The summed E-state index contributed by atoms with van der Waals surface area (Å²) in [7, 11) is -2.15. The van der Waals surface area contributed by atoms with Crippen LogP contribution in [-0.4, -0.2) is 35.2 Å². The second kappa shape index (κ2) is 8.77. The van der Waals surface area contributed by atoms with Crippen molar-refractivity contribution in [1.82, 2.24) is 24.5 Å². The molecule has 10 heteroatoms. The maximum absolute atomic E-state index is 12.0. The van der Waals surface area contributed by atoms with E-state index in [1.807, 2.05) is 48.9 Å². The molecule has 0 unspecified atom stereocenters. The Balaban J connectivity index is 1.49. The summed E-state index contributed by atoms with van der Waals surface area (Å²) in [6.45, 7) is 3.99. The fourth-order valence-corrected chi connectivity index (χ4v) is 4.00. The van der Waals surface area contributed by atoms with E-state index in [0.717, 1.165) is 22.8 Å². The summed E-state index contributed by atoms with van der Waals surface area (Å²) in [5.74, 6) is 1.13. The standard InChI is InChI=1S/C22H23N7O2S/c1-15-11-16(2)29(28-15)19-9-7-17(8-10-19)26-21-13-22(25-14-24-21)27-18-5-4-6-20(12-18)32(30,31)23-3/h4-14,23H,1-3H3,(H2,24,25,26,27). The van der Waals surface area contributed by atoms with E-state index in [-0.39, 0.29) is 4.90 Å². The van der Waals surface area contributed by atoms with Crippen molar-refractivity contribution in [1.29, 1.82) is 0 Å². The van der Waals surface area contributed by atoms with Gasteiger partial charge in [0.2, 0.25) is 10.0 Å². The number of nitrogens with zero attached hydrogens (tertiary/aromatic N) is 4. The van der Waals surface area contributed by atoms with E-state index >= 15 is 0 Å². The molecule has 0 spiro atoms. The van der Waals surface area contributed by atoms with Crippen molar-refractivity contribution in [2.24, 2.45) is 0 Å². The van der Waals surface area contributed by atoms with Gasteiger partial charge in [-0.1, -0.05) is 6.07 Å². The van der Waals surface area contributed by atoms with E-state index in [9.17, 15) is 8.42 Å². The first-order valence-electron chi connectivity index (χ1n) is 9.87. The van der Waals surface area contributed by atoms with Crippen LogP contribution in [0.3, 0.4) is 0 Å². The molecule has 2 aromatic carbocycles. The lowest BCUT2D eigenvalue weighted by Gasteiger charge is -2.11. The van der Waals surface area contributed by atoms with Crippen LogP contribution in [0.2, 0.25) is 0 Å². The number of sulfonamides is 1. The van der Waals surface area contributed by atoms with Gasteiger partial charge in [-0.25, -0.2) is 27.8 Å². The lowest BCUT2D eigenvalue weighted by molar-refractivity contribution is 0.588. The van der Waals surface area contributed by atoms with Crippen LogP contribution >= 0.6 is 0 Å². The summed E-state index contributed by atoms with van der Waals surface area (Å²) in [6, 6.07) is 18.1. The van der Waals surface area contributed by atoms with Gasteiger partial charge in [0.25, 0.3) is 0 Å². The molecule has 0 saturated heterocycles. The third kappa shape index (κ3) is 4.76. The number of nitrogens with one attached hydrogen (secondary N) is 3. The summed E-state index contributed by atoms with van der Waals surface area (Å²) < 4.78 is 28.2. The van der Waals surface area contributed by atoms with Gasteiger partial charge >= 0.3 is 0 Å². The number of hydrogen-bond acceptors (Lipinski definition) is 7. The van der Waals surface area contributed by atoms with Gasteiger partial charge in [-0.2, -0.15) is 5.10 Å². The molecule has 0 amide bonds. The highest BCUT2D eigenvalue weighted by Gasteiger charge is 2.12. The van der Waals surface area contributed by atoms with Crippen molar-refractivity contribution < 1.29 is 8.42 Å². The van der Waals surface area contributed by atoms with Gasteiger partial charge in [-0.15, -0.1) is 0 Å². The lowest BCUT2D eigenvalue weighted by Crippen LogP contribution is -2.18. The van der Waals surface area contributed by atoms with Crippen LogP contribution in [0.15, 0.2) is 71.9 Å². The highest BCUT2D eigenvalue weighted by molar-refractivity contribution is 7.89. The second-order valence-electron chi connectivity index (χ2n) is 7.16. The topological polar surface area (TPSA) is 114 Å². The van der Waals surface area contributed by atoms with Crippen LogP contribution in [0.25, 0.3) is 5.69 Å². The van der Waals surface area contributed by atoms with Crippen LogP contribution in [0, 0.1) is 13.8 Å². The number of benzene rings is 2. The molecule has 0 bridgehead atoms. The summed E-state index contributed by atoms with van der Waals surface area (Å²) in [6.07, 6.45) is 1.43. The molecule has 0 atom stereocenters. The quantitative estimate of drug-likeness (QED) is 0.394. The summed E-state index contributed by atoms with van der Waals surface area (Å²) in [5.41, 5.74) is 4.48. The fraction of sp³-hybridized carbons (Fsp3) is 0.136. The van der Waals surface area contributed by atoms with Crippen LogP contribution in [0.4, 0.5) is 23.0 Å². The summed E-state index contributed by atoms with van der Waals surface area (Å²) in [5, 5.41) is 10.9. The number of aryl methyl sites for hydroxylation is 2. The van der Waals surface area contributed by atoms with Gasteiger partial charge in [0.05, 0.1) is 16.3 Å². The summed E-state index contributed by atoms with van der Waals surface area (Å²) >= 11 is 0. The predicted octanol–water partition coefficient (Wildman–Crippen LogP) is 3.67. The van der Waals surface area contributed by atoms with E-state index in [4.69, 9.17) is 0 Å². The first-order chi connectivity index (χ1) is 15.3. The van der Waals surface area contributed by atoms with Crippen molar-refractivity contribution >= 4 is 33.0 Å². The molecular weight excluding hydrogens is 426 g/mol. The molecule has 164 valence electrons. The highest BCUT2D eigenvalue weighted by atomic mass is 32.2. The maximum Gasteiger partial charge on any atom is 0.240 e. The fourth-order valence-electron chi connectivity index (χ4n) is 3.22. The van der Waals surface area contributed by atoms with Gasteiger partial charge in [-0.05, 0) is 69.4 Å². The zero-order valence-corrected chi connectivity index (χ0v) is 18.7. The van der Waals surface area contributed by atoms with Crippen molar-refractivity contribution in [2.45, 2.75) is 18.7 Å². The Kier molecular flexibility index (Phi) is 5.89. The molecule has 9 nitrogen and oxygen atoms in total. The normalized spacial score (nSPS) is 11.3. The number of aromatic nitrogens is 4. The molecule has 2 heterocycles. The maximum atomic E-state index is 12.0. The Morgan fingerprint density at radius 2 is 1.53 bits per heavy atom. The van der Waals surface area contributed by atoms with E-state index < -0.39 is 10.0 Å². The van der Waals surface area contributed by atoms with E-state index in [0.29, 0.717) is 17.3 Å². The Morgan fingerprint density at radius 3 is 2.16 bits per heavy atom. The Labute approximate surface area is 186 Å². The summed E-state index contributed by atoms with van der Waals surface area (Å²) in [4.78, 5) is 8.64. The molecule has 2 aromatic heterocycles. The molecule has 4 aromatic rings. The highest BCUT2D eigenvalue weighted by Crippen LogP contribution is 2.22. The van der Waals surface area contributed by atoms with Gasteiger partial charge in [-0.3, -0.25) is 0 Å². The molecule has 0 fully saturated rings. The average Bonchev–Trinajstić information content (AvgIpc) is 3.12. The van der Waals surface area contributed by atoms with Crippen LogP contribution < -0.4 is 15.4 Å². The molecule has 0 aliphatic carbocycles. The Hall–Kier alpha value is -3.76. The minimum Gasteiger partial charge on any atom is -0.340 e. The number of hydrogen-bond donors (Lipinski definition) is 3. The molecule has 32 heavy (non-hydrogen) atoms. The first kappa shape index (κ1) is 21.5. The van der Waals surface area contributed by atoms with Gasteiger partial charge in [0.15, 0.2) is 0 Å². The van der Waals surface area contributed by atoms with Crippen molar-refractivity contribution in [3.8, 4) is 5.69 Å². The monoisotopic (exact) mass is 449 g/mol. The van der Waals surface area contributed by atoms with Crippen LogP contribution in [-0.2, 0) is 10.0 Å². The van der Waals surface area contributed by atoms with Gasteiger partial charge in [0, 0.05) is 23.1 Å². The molecule has 0 aliphatic heterocycles. The number of rotatable bonds is 7. The number of anilines is 4.